The van der Waals surface area contributed by atoms with E-state index in [4.69, 9.17) is 4.74 Å². The third-order valence-corrected chi connectivity index (χ3v) is 5.62. The van der Waals surface area contributed by atoms with Crippen molar-refractivity contribution in [3.05, 3.63) is 12.2 Å². The number of carbonyl (C=O) groups is 2. The van der Waals surface area contributed by atoms with Crippen molar-refractivity contribution in [2.24, 2.45) is 17.8 Å². The Kier molecular flexibility index (Phi) is 3.85. The van der Waals surface area contributed by atoms with Gasteiger partial charge in [0.15, 0.2) is 0 Å². The summed E-state index contributed by atoms with van der Waals surface area (Å²) in [4.78, 5) is 23.4. The highest BCUT2D eigenvalue weighted by Gasteiger charge is 2.62. The van der Waals surface area contributed by atoms with Crippen LogP contribution in [0.5, 0.6) is 0 Å². The SMILES string of the molecule is CC1(C)CC(OC23C=CC(C2)C(C(=O)O)C3C(=O)O)CC(C)(C)N1. The van der Waals surface area contributed by atoms with Gasteiger partial charge in [-0.2, -0.15) is 0 Å². The number of aliphatic carboxylic acids is 2. The van der Waals surface area contributed by atoms with Crippen molar-refractivity contribution in [3.63, 3.8) is 0 Å². The topological polar surface area (TPSA) is 95.9 Å². The summed E-state index contributed by atoms with van der Waals surface area (Å²) in [6.45, 7) is 8.44. The number of piperidine rings is 1. The van der Waals surface area contributed by atoms with Crippen LogP contribution in [0.3, 0.4) is 0 Å². The van der Waals surface area contributed by atoms with Crippen LogP contribution >= 0.6 is 0 Å². The predicted molar refractivity (Wildman–Crippen MR) is 87.6 cm³/mol. The van der Waals surface area contributed by atoms with Crippen molar-refractivity contribution in [2.75, 3.05) is 0 Å². The van der Waals surface area contributed by atoms with Gasteiger partial charge in [-0.05, 0) is 52.9 Å². The molecule has 1 saturated heterocycles. The van der Waals surface area contributed by atoms with E-state index >= 15 is 0 Å². The maximum atomic E-state index is 11.8. The quantitative estimate of drug-likeness (QED) is 0.680. The van der Waals surface area contributed by atoms with E-state index in [-0.39, 0.29) is 23.1 Å². The highest BCUT2D eigenvalue weighted by molar-refractivity contribution is 5.83. The first-order valence-corrected chi connectivity index (χ1v) is 8.57. The molecule has 4 unspecified atom stereocenters. The summed E-state index contributed by atoms with van der Waals surface area (Å²) >= 11 is 0. The highest BCUT2D eigenvalue weighted by atomic mass is 16.5. The first-order chi connectivity index (χ1) is 10.9. The van der Waals surface area contributed by atoms with Crippen molar-refractivity contribution < 1.29 is 24.5 Å². The van der Waals surface area contributed by atoms with Gasteiger partial charge in [0.25, 0.3) is 0 Å². The van der Waals surface area contributed by atoms with Gasteiger partial charge in [-0.1, -0.05) is 12.2 Å². The summed E-state index contributed by atoms with van der Waals surface area (Å²) in [5.74, 6) is -4.32. The molecule has 0 spiro atoms. The lowest BCUT2D eigenvalue weighted by molar-refractivity contribution is -0.169. The molecule has 3 aliphatic rings. The Balaban J connectivity index is 1.87. The Hall–Kier alpha value is -1.40. The number of nitrogens with one attached hydrogen (secondary N) is 1. The van der Waals surface area contributed by atoms with E-state index in [9.17, 15) is 19.8 Å². The molecule has 1 heterocycles. The molecule has 0 amide bonds. The Morgan fingerprint density at radius 2 is 1.62 bits per heavy atom. The smallest absolute Gasteiger partial charge is 0.310 e. The fourth-order valence-electron chi connectivity index (χ4n) is 5.29. The molecule has 0 radical (unpaired) electrons. The molecule has 6 nitrogen and oxygen atoms in total. The lowest BCUT2D eigenvalue weighted by Gasteiger charge is -2.48. The monoisotopic (exact) mass is 337 g/mol. The van der Waals surface area contributed by atoms with Crippen LogP contribution in [0.15, 0.2) is 12.2 Å². The summed E-state index contributed by atoms with van der Waals surface area (Å²) in [6.07, 6.45) is 5.51. The first kappa shape index (κ1) is 17.4. The van der Waals surface area contributed by atoms with Crippen molar-refractivity contribution in [2.45, 2.75) is 69.7 Å². The molecule has 2 aliphatic carbocycles. The zero-order valence-corrected chi connectivity index (χ0v) is 14.7. The van der Waals surface area contributed by atoms with Gasteiger partial charge in [0, 0.05) is 11.1 Å². The van der Waals surface area contributed by atoms with E-state index < -0.39 is 29.4 Å². The zero-order valence-electron chi connectivity index (χ0n) is 14.7. The second-order valence-electron chi connectivity index (χ2n) is 8.90. The molecule has 134 valence electrons. The Morgan fingerprint density at radius 1 is 1.04 bits per heavy atom. The van der Waals surface area contributed by atoms with Crippen LogP contribution in [-0.2, 0) is 14.3 Å². The van der Waals surface area contributed by atoms with Crippen LogP contribution in [0, 0.1) is 17.8 Å². The van der Waals surface area contributed by atoms with Gasteiger partial charge in [0.2, 0.25) is 0 Å². The average molecular weight is 337 g/mol. The van der Waals surface area contributed by atoms with Gasteiger partial charge in [-0.15, -0.1) is 0 Å². The highest BCUT2D eigenvalue weighted by Crippen LogP contribution is 2.54. The third kappa shape index (κ3) is 2.86. The molecule has 6 heteroatoms. The maximum Gasteiger partial charge on any atom is 0.310 e. The van der Waals surface area contributed by atoms with Gasteiger partial charge >= 0.3 is 11.9 Å². The Labute approximate surface area is 142 Å². The number of carboxylic acids is 2. The molecule has 1 aliphatic heterocycles. The molecule has 0 aromatic carbocycles. The molecule has 24 heavy (non-hydrogen) atoms. The molecular formula is C18H27NO5. The van der Waals surface area contributed by atoms with Crippen molar-refractivity contribution in [3.8, 4) is 0 Å². The van der Waals surface area contributed by atoms with Crippen LogP contribution < -0.4 is 5.32 Å². The predicted octanol–water partition coefficient (Wildman–Crippen LogP) is 2.04. The lowest BCUT2D eigenvalue weighted by Crippen LogP contribution is -2.61. The summed E-state index contributed by atoms with van der Waals surface area (Å²) in [5, 5.41) is 22.7. The lowest BCUT2D eigenvalue weighted by atomic mass is 9.78. The van der Waals surface area contributed by atoms with Crippen LogP contribution in [0.1, 0.15) is 47.0 Å². The number of rotatable bonds is 4. The molecule has 2 fully saturated rings. The first-order valence-electron chi connectivity index (χ1n) is 8.57. The number of fused-ring (bicyclic) bond motifs is 2. The van der Waals surface area contributed by atoms with E-state index in [1.807, 2.05) is 6.08 Å². The summed E-state index contributed by atoms with van der Waals surface area (Å²) in [7, 11) is 0. The molecule has 4 atom stereocenters. The number of ether oxygens (including phenoxy) is 1. The van der Waals surface area contributed by atoms with Crippen LogP contribution in [-0.4, -0.2) is 44.9 Å². The molecular weight excluding hydrogens is 310 g/mol. The molecule has 1 saturated carbocycles. The molecule has 3 rings (SSSR count). The number of allylic oxidation sites excluding steroid dienone is 1. The van der Waals surface area contributed by atoms with Gasteiger partial charge < -0.3 is 20.3 Å². The minimum atomic E-state index is -1.08. The fourth-order valence-corrected chi connectivity index (χ4v) is 5.29. The second-order valence-corrected chi connectivity index (χ2v) is 8.90. The normalized spacial score (nSPS) is 39.9. The molecule has 0 aromatic rings. The van der Waals surface area contributed by atoms with Gasteiger partial charge in [0.1, 0.15) is 11.5 Å². The number of hydrogen-bond acceptors (Lipinski definition) is 4. The minimum Gasteiger partial charge on any atom is -0.481 e. The summed E-state index contributed by atoms with van der Waals surface area (Å²) < 4.78 is 6.39. The minimum absolute atomic E-state index is 0.103. The van der Waals surface area contributed by atoms with Gasteiger partial charge in [0.05, 0.1) is 12.0 Å². The van der Waals surface area contributed by atoms with Crippen LogP contribution in [0.25, 0.3) is 0 Å². The van der Waals surface area contributed by atoms with E-state index in [2.05, 4.69) is 33.0 Å². The van der Waals surface area contributed by atoms with Crippen molar-refractivity contribution >= 4 is 11.9 Å². The Bertz CT molecular complexity index is 580. The summed E-state index contributed by atoms with van der Waals surface area (Å²) in [6, 6.07) is 0. The molecule has 3 N–H and O–H groups in total. The number of hydrogen-bond donors (Lipinski definition) is 3. The van der Waals surface area contributed by atoms with Crippen LogP contribution in [0.4, 0.5) is 0 Å². The standard InChI is InChI=1S/C18H27NO5/c1-16(2)8-11(9-17(3,4)19-16)24-18-6-5-10(7-18)12(14(20)21)13(18)15(22)23/h5-6,10-13,19H,7-9H2,1-4H3,(H,20,21)(H,22,23). The van der Waals surface area contributed by atoms with Crippen molar-refractivity contribution in [1.29, 1.82) is 0 Å². The average Bonchev–Trinajstić information content (AvgIpc) is 2.88. The van der Waals surface area contributed by atoms with Gasteiger partial charge in [-0.25, -0.2) is 0 Å². The molecule has 2 bridgehead atoms. The van der Waals surface area contributed by atoms with E-state index in [0.717, 1.165) is 12.8 Å². The molecule has 0 aromatic heterocycles. The van der Waals surface area contributed by atoms with E-state index in [1.54, 1.807) is 6.08 Å². The third-order valence-electron chi connectivity index (χ3n) is 5.62. The van der Waals surface area contributed by atoms with E-state index in [1.165, 1.54) is 0 Å². The fraction of sp³-hybridized carbons (Fsp3) is 0.778. The zero-order chi connectivity index (χ0) is 17.9. The van der Waals surface area contributed by atoms with Crippen molar-refractivity contribution in [1.82, 2.24) is 5.32 Å². The van der Waals surface area contributed by atoms with E-state index in [0.29, 0.717) is 6.42 Å². The summed E-state index contributed by atoms with van der Waals surface area (Å²) in [5.41, 5.74) is -1.23. The Morgan fingerprint density at radius 3 is 2.12 bits per heavy atom. The largest absolute Gasteiger partial charge is 0.481 e. The maximum absolute atomic E-state index is 11.8. The van der Waals surface area contributed by atoms with Gasteiger partial charge in [-0.3, -0.25) is 9.59 Å². The number of carboxylic acid groups (broad SMARTS) is 2. The van der Waals surface area contributed by atoms with Crippen LogP contribution in [0.2, 0.25) is 0 Å². The second kappa shape index (κ2) is 5.30.